The molecule has 0 radical (unpaired) electrons. The summed E-state index contributed by atoms with van der Waals surface area (Å²) in [6, 6.07) is 0. The first-order chi connectivity index (χ1) is 8.99. The second-order valence-electron chi connectivity index (χ2n) is 4.50. The average molecular weight is 281 g/mol. The Morgan fingerprint density at radius 2 is 2.32 bits per heavy atom. The zero-order valence-corrected chi connectivity index (χ0v) is 11.6. The lowest BCUT2D eigenvalue weighted by molar-refractivity contribution is -0.142. The van der Waals surface area contributed by atoms with Crippen molar-refractivity contribution in [1.82, 2.24) is 14.3 Å². The normalized spacial score (nSPS) is 12.5. The maximum Gasteiger partial charge on any atom is 0.308 e. The summed E-state index contributed by atoms with van der Waals surface area (Å²) >= 11 is 1.48. The highest BCUT2D eigenvalue weighted by Gasteiger charge is 2.18. The Morgan fingerprint density at radius 1 is 1.58 bits per heavy atom. The van der Waals surface area contributed by atoms with E-state index >= 15 is 0 Å². The zero-order chi connectivity index (χ0) is 14.0. The van der Waals surface area contributed by atoms with Crippen LogP contribution in [0.4, 0.5) is 0 Å². The summed E-state index contributed by atoms with van der Waals surface area (Å²) < 4.78 is 1.87. The van der Waals surface area contributed by atoms with E-state index in [-0.39, 0.29) is 18.9 Å². The van der Waals surface area contributed by atoms with E-state index in [2.05, 4.69) is 4.98 Å². The van der Waals surface area contributed by atoms with Crippen molar-refractivity contribution >= 4 is 28.2 Å². The third-order valence-corrected chi connectivity index (χ3v) is 3.85. The molecule has 0 saturated heterocycles. The number of carbonyl (C=O) groups excluding carboxylic acids is 1. The highest BCUT2D eigenvalue weighted by molar-refractivity contribution is 7.15. The smallest absolute Gasteiger partial charge is 0.308 e. The van der Waals surface area contributed by atoms with Gasteiger partial charge in [-0.3, -0.25) is 14.0 Å². The molecule has 0 spiro atoms. The second-order valence-corrected chi connectivity index (χ2v) is 5.33. The molecule has 0 aliphatic rings. The van der Waals surface area contributed by atoms with Crippen molar-refractivity contribution in [3.8, 4) is 0 Å². The lowest BCUT2D eigenvalue weighted by Gasteiger charge is -2.19. The van der Waals surface area contributed by atoms with Gasteiger partial charge in [0.2, 0.25) is 5.91 Å². The van der Waals surface area contributed by atoms with E-state index < -0.39 is 11.9 Å². The molecule has 2 heterocycles. The largest absolute Gasteiger partial charge is 0.481 e. The number of hydrogen-bond donors (Lipinski definition) is 1. The van der Waals surface area contributed by atoms with E-state index in [9.17, 15) is 9.59 Å². The summed E-state index contributed by atoms with van der Waals surface area (Å²) in [4.78, 5) is 29.3. The van der Waals surface area contributed by atoms with Gasteiger partial charge in [0.15, 0.2) is 4.96 Å². The number of nitrogens with zero attached hydrogens (tertiary/aromatic N) is 3. The van der Waals surface area contributed by atoms with Gasteiger partial charge in [-0.05, 0) is 0 Å². The quantitative estimate of drug-likeness (QED) is 0.891. The lowest BCUT2D eigenvalue weighted by atomic mass is 10.1. The molecule has 0 bridgehead atoms. The molecule has 2 aromatic heterocycles. The number of hydrogen-bond acceptors (Lipinski definition) is 4. The van der Waals surface area contributed by atoms with Crippen LogP contribution in [0.1, 0.15) is 12.6 Å². The van der Waals surface area contributed by atoms with Gasteiger partial charge in [-0.15, -0.1) is 11.3 Å². The van der Waals surface area contributed by atoms with Crippen molar-refractivity contribution in [2.75, 3.05) is 13.6 Å². The van der Waals surface area contributed by atoms with E-state index in [1.807, 2.05) is 16.0 Å². The number of amides is 1. The maximum atomic E-state index is 12.0. The minimum Gasteiger partial charge on any atom is -0.481 e. The third-order valence-electron chi connectivity index (χ3n) is 2.94. The minimum atomic E-state index is -0.896. The van der Waals surface area contributed by atoms with Crippen LogP contribution in [0.3, 0.4) is 0 Å². The Kier molecular flexibility index (Phi) is 3.84. The Balaban J connectivity index is 2.01. The molecule has 1 unspecified atom stereocenters. The van der Waals surface area contributed by atoms with E-state index in [0.717, 1.165) is 10.7 Å². The summed E-state index contributed by atoms with van der Waals surface area (Å²) in [6.07, 6.45) is 3.75. The van der Waals surface area contributed by atoms with Crippen molar-refractivity contribution in [2.45, 2.75) is 13.3 Å². The van der Waals surface area contributed by atoms with Gasteiger partial charge in [0.05, 0.1) is 12.3 Å². The summed E-state index contributed by atoms with van der Waals surface area (Å²) in [6.45, 7) is 1.80. The molecule has 6 nitrogen and oxygen atoms in total. The van der Waals surface area contributed by atoms with Crippen LogP contribution in [0, 0.1) is 5.92 Å². The predicted molar refractivity (Wildman–Crippen MR) is 71.2 cm³/mol. The molecule has 0 saturated carbocycles. The monoisotopic (exact) mass is 281 g/mol. The molecule has 19 heavy (non-hydrogen) atoms. The molecular formula is C12H15N3O3S. The number of aliphatic carboxylic acids is 1. The molecule has 0 aliphatic heterocycles. The number of rotatable bonds is 5. The van der Waals surface area contributed by atoms with Crippen LogP contribution < -0.4 is 0 Å². The second kappa shape index (κ2) is 5.40. The first-order valence-corrected chi connectivity index (χ1v) is 6.73. The van der Waals surface area contributed by atoms with Gasteiger partial charge >= 0.3 is 5.97 Å². The van der Waals surface area contributed by atoms with E-state index in [1.54, 1.807) is 20.2 Å². The predicted octanol–water partition coefficient (Wildman–Crippen LogP) is 1.12. The Morgan fingerprint density at radius 3 is 3.00 bits per heavy atom. The van der Waals surface area contributed by atoms with Crippen LogP contribution in [0.25, 0.3) is 4.96 Å². The number of aromatic nitrogens is 2. The van der Waals surface area contributed by atoms with Crippen LogP contribution in [0.5, 0.6) is 0 Å². The van der Waals surface area contributed by atoms with Gasteiger partial charge in [-0.2, -0.15) is 0 Å². The number of carboxylic acid groups (broad SMARTS) is 1. The van der Waals surface area contributed by atoms with Crippen molar-refractivity contribution in [1.29, 1.82) is 0 Å². The molecule has 0 aromatic carbocycles. The molecule has 0 fully saturated rings. The molecule has 7 heteroatoms. The van der Waals surface area contributed by atoms with Crippen LogP contribution in [-0.4, -0.2) is 44.9 Å². The highest BCUT2D eigenvalue weighted by Crippen LogP contribution is 2.15. The fourth-order valence-electron chi connectivity index (χ4n) is 1.78. The first kappa shape index (κ1) is 13.5. The topological polar surface area (TPSA) is 74.9 Å². The molecule has 102 valence electrons. The Labute approximate surface area is 114 Å². The fraction of sp³-hybridized carbons (Fsp3) is 0.417. The Hall–Kier alpha value is -1.89. The number of likely N-dealkylation sites (N-methyl/N-ethyl adjacent to an activating group) is 1. The molecule has 2 aromatic rings. The number of carbonyl (C=O) groups is 2. The van der Waals surface area contributed by atoms with Crippen LogP contribution >= 0.6 is 11.3 Å². The average Bonchev–Trinajstić information content (AvgIpc) is 2.93. The van der Waals surface area contributed by atoms with E-state index in [4.69, 9.17) is 5.11 Å². The summed E-state index contributed by atoms with van der Waals surface area (Å²) in [5, 5.41) is 10.7. The summed E-state index contributed by atoms with van der Waals surface area (Å²) in [5.74, 6) is -1.56. The van der Waals surface area contributed by atoms with Gasteiger partial charge in [0, 0.05) is 37.1 Å². The third kappa shape index (κ3) is 2.93. The van der Waals surface area contributed by atoms with Crippen LogP contribution in [0.2, 0.25) is 0 Å². The molecular weight excluding hydrogens is 266 g/mol. The fourth-order valence-corrected chi connectivity index (χ4v) is 2.63. The van der Waals surface area contributed by atoms with E-state index in [1.165, 1.54) is 16.2 Å². The van der Waals surface area contributed by atoms with E-state index in [0.29, 0.717) is 0 Å². The summed E-state index contributed by atoms with van der Waals surface area (Å²) in [7, 11) is 1.62. The molecule has 1 amide bonds. The van der Waals surface area contributed by atoms with Crippen LogP contribution in [0.15, 0.2) is 17.8 Å². The number of thiazole rings is 1. The molecule has 1 atom stereocenters. The lowest BCUT2D eigenvalue weighted by Crippen LogP contribution is -2.34. The first-order valence-electron chi connectivity index (χ1n) is 5.85. The van der Waals surface area contributed by atoms with Crippen LogP contribution in [-0.2, 0) is 16.0 Å². The van der Waals surface area contributed by atoms with Gasteiger partial charge in [0.25, 0.3) is 0 Å². The van der Waals surface area contributed by atoms with Crippen molar-refractivity contribution in [2.24, 2.45) is 5.92 Å². The van der Waals surface area contributed by atoms with Crippen molar-refractivity contribution < 1.29 is 14.7 Å². The van der Waals surface area contributed by atoms with Crippen molar-refractivity contribution in [3.63, 3.8) is 0 Å². The van der Waals surface area contributed by atoms with Gasteiger partial charge in [0.1, 0.15) is 0 Å². The molecule has 1 N–H and O–H groups in total. The van der Waals surface area contributed by atoms with Gasteiger partial charge in [-0.25, -0.2) is 4.98 Å². The molecule has 0 aliphatic carbocycles. The number of fused-ring (bicyclic) bond motifs is 1. The van der Waals surface area contributed by atoms with Gasteiger partial charge < -0.3 is 10.0 Å². The zero-order valence-electron chi connectivity index (χ0n) is 10.7. The van der Waals surface area contributed by atoms with Gasteiger partial charge in [-0.1, -0.05) is 6.92 Å². The summed E-state index contributed by atoms with van der Waals surface area (Å²) in [5.41, 5.74) is 0.873. The minimum absolute atomic E-state index is 0.0958. The highest BCUT2D eigenvalue weighted by atomic mass is 32.1. The standard InChI is InChI=1S/C12H15N3O3S/c1-8(11(17)18)6-14(2)10(16)5-9-7-19-12-13-3-4-15(9)12/h3-4,7-8H,5-6H2,1-2H3,(H,17,18). The SMILES string of the molecule is CC(CN(C)C(=O)Cc1csc2nccn12)C(=O)O. The number of imidazole rings is 1. The van der Waals surface area contributed by atoms with Crippen molar-refractivity contribution in [3.05, 3.63) is 23.5 Å². The number of carboxylic acids is 1. The molecule has 2 rings (SSSR count). The maximum absolute atomic E-state index is 12.0. The Bertz CT molecular complexity index is 604.